The third kappa shape index (κ3) is 2.00. The summed E-state index contributed by atoms with van der Waals surface area (Å²) >= 11 is 0. The molecule has 0 radical (unpaired) electrons. The zero-order chi connectivity index (χ0) is 12.6. The van der Waals surface area contributed by atoms with E-state index >= 15 is 0 Å². The molecule has 0 spiro atoms. The summed E-state index contributed by atoms with van der Waals surface area (Å²) in [5.74, 6) is 0.0765. The van der Waals surface area contributed by atoms with Crippen LogP contribution in [-0.2, 0) is 17.1 Å². The van der Waals surface area contributed by atoms with Gasteiger partial charge in [0.15, 0.2) is 0 Å². The van der Waals surface area contributed by atoms with E-state index in [0.29, 0.717) is 11.4 Å². The second-order valence-electron chi connectivity index (χ2n) is 3.56. The van der Waals surface area contributed by atoms with Gasteiger partial charge in [-0.25, -0.2) is 18.2 Å². The number of aromatic nitrogens is 5. The quantitative estimate of drug-likeness (QED) is 0.801. The SMILES string of the molecule is Cc1nn(C)c(C)c1S(=O)(=O)Nc1ncn[nH]1. The first-order chi connectivity index (χ1) is 7.92. The lowest BCUT2D eigenvalue weighted by molar-refractivity contribution is 0.599. The molecule has 2 rings (SSSR count). The van der Waals surface area contributed by atoms with Crippen molar-refractivity contribution in [3.63, 3.8) is 0 Å². The van der Waals surface area contributed by atoms with Gasteiger partial charge in [-0.15, -0.1) is 0 Å². The van der Waals surface area contributed by atoms with Crippen LogP contribution in [0, 0.1) is 13.8 Å². The Morgan fingerprint density at radius 1 is 1.41 bits per heavy atom. The molecule has 2 heterocycles. The molecule has 2 N–H and O–H groups in total. The van der Waals surface area contributed by atoms with E-state index in [1.54, 1.807) is 20.9 Å². The highest BCUT2D eigenvalue weighted by Crippen LogP contribution is 2.20. The van der Waals surface area contributed by atoms with Gasteiger partial charge in [0.05, 0.1) is 11.4 Å². The lowest BCUT2D eigenvalue weighted by atomic mass is 10.4. The standard InChI is InChI=1S/C8H12N6O2S/c1-5-7(6(2)14(3)12-5)17(15,16)13-8-9-4-10-11-8/h4H,1-3H3,(H2,9,10,11,13). The lowest BCUT2D eigenvalue weighted by Crippen LogP contribution is -2.15. The Morgan fingerprint density at radius 2 is 2.12 bits per heavy atom. The molecule has 0 saturated heterocycles. The number of hydrogen-bond acceptors (Lipinski definition) is 5. The average molecular weight is 256 g/mol. The number of rotatable bonds is 3. The van der Waals surface area contributed by atoms with Crippen molar-refractivity contribution in [2.24, 2.45) is 7.05 Å². The first-order valence-electron chi connectivity index (χ1n) is 4.80. The molecule has 92 valence electrons. The monoisotopic (exact) mass is 256 g/mol. The Kier molecular flexibility index (Phi) is 2.62. The van der Waals surface area contributed by atoms with Crippen molar-refractivity contribution in [3.05, 3.63) is 17.7 Å². The maximum Gasteiger partial charge on any atom is 0.267 e. The molecule has 2 aromatic heterocycles. The number of H-pyrrole nitrogens is 1. The minimum absolute atomic E-state index is 0.0765. The van der Waals surface area contributed by atoms with E-state index in [2.05, 4.69) is 25.0 Å². The lowest BCUT2D eigenvalue weighted by Gasteiger charge is -2.04. The molecule has 8 nitrogen and oxygen atoms in total. The maximum atomic E-state index is 12.1. The molecule has 0 fully saturated rings. The molecule has 0 aromatic carbocycles. The number of anilines is 1. The summed E-state index contributed by atoms with van der Waals surface area (Å²) in [4.78, 5) is 3.87. The van der Waals surface area contributed by atoms with Crippen LogP contribution in [0.5, 0.6) is 0 Å². The first kappa shape index (κ1) is 11.6. The van der Waals surface area contributed by atoms with Gasteiger partial charge in [-0.05, 0) is 13.8 Å². The molecule has 0 saturated carbocycles. The minimum atomic E-state index is -3.69. The Labute approximate surface area is 98.1 Å². The van der Waals surface area contributed by atoms with E-state index in [9.17, 15) is 8.42 Å². The van der Waals surface area contributed by atoms with Gasteiger partial charge in [-0.1, -0.05) is 0 Å². The highest BCUT2D eigenvalue weighted by molar-refractivity contribution is 7.92. The molecule has 0 amide bonds. The molecule has 0 unspecified atom stereocenters. The predicted molar refractivity (Wildman–Crippen MR) is 59.9 cm³/mol. The van der Waals surface area contributed by atoms with Gasteiger partial charge in [-0.3, -0.25) is 4.68 Å². The second kappa shape index (κ2) is 3.84. The summed E-state index contributed by atoms with van der Waals surface area (Å²) in [6, 6.07) is 0. The van der Waals surface area contributed by atoms with Gasteiger partial charge in [-0.2, -0.15) is 15.2 Å². The van der Waals surface area contributed by atoms with Gasteiger partial charge in [0.1, 0.15) is 11.2 Å². The Hall–Kier alpha value is -1.90. The zero-order valence-corrected chi connectivity index (χ0v) is 10.4. The van der Waals surface area contributed by atoms with Crippen molar-refractivity contribution in [2.45, 2.75) is 18.7 Å². The van der Waals surface area contributed by atoms with Gasteiger partial charge in [0.2, 0.25) is 5.95 Å². The summed E-state index contributed by atoms with van der Waals surface area (Å²) in [6.07, 6.45) is 1.22. The van der Waals surface area contributed by atoms with Crippen LogP contribution in [-0.4, -0.2) is 33.4 Å². The molecule has 2 aromatic rings. The van der Waals surface area contributed by atoms with E-state index in [1.807, 2.05) is 0 Å². The van der Waals surface area contributed by atoms with E-state index < -0.39 is 10.0 Å². The van der Waals surface area contributed by atoms with Gasteiger partial charge in [0, 0.05) is 7.05 Å². The molecule has 0 aliphatic rings. The number of nitrogens with one attached hydrogen (secondary N) is 2. The minimum Gasteiger partial charge on any atom is -0.271 e. The number of aryl methyl sites for hydroxylation is 2. The zero-order valence-electron chi connectivity index (χ0n) is 9.59. The Morgan fingerprint density at radius 3 is 2.59 bits per heavy atom. The van der Waals surface area contributed by atoms with E-state index in [4.69, 9.17) is 0 Å². The third-order valence-corrected chi connectivity index (χ3v) is 3.95. The number of nitrogens with zero attached hydrogens (tertiary/aromatic N) is 4. The number of aromatic amines is 1. The van der Waals surface area contributed by atoms with Crippen LogP contribution in [0.3, 0.4) is 0 Å². The summed E-state index contributed by atoms with van der Waals surface area (Å²) in [5, 5.41) is 10.1. The topological polar surface area (TPSA) is 106 Å². The van der Waals surface area contributed by atoms with E-state index in [-0.39, 0.29) is 10.8 Å². The van der Waals surface area contributed by atoms with Crippen LogP contribution in [0.4, 0.5) is 5.95 Å². The van der Waals surface area contributed by atoms with Crippen molar-refractivity contribution in [1.82, 2.24) is 25.0 Å². The summed E-state index contributed by atoms with van der Waals surface area (Å²) in [7, 11) is -2.00. The molecular weight excluding hydrogens is 244 g/mol. The summed E-state index contributed by atoms with van der Waals surface area (Å²) < 4.78 is 28.0. The molecule has 0 atom stereocenters. The highest BCUT2D eigenvalue weighted by Gasteiger charge is 2.24. The van der Waals surface area contributed by atoms with Crippen LogP contribution in [0.15, 0.2) is 11.2 Å². The van der Waals surface area contributed by atoms with Crippen molar-refractivity contribution >= 4 is 16.0 Å². The molecule has 9 heteroatoms. The molecule has 17 heavy (non-hydrogen) atoms. The summed E-state index contributed by atoms with van der Waals surface area (Å²) in [6.45, 7) is 3.33. The van der Waals surface area contributed by atoms with Gasteiger partial charge in [0.25, 0.3) is 10.0 Å². The average Bonchev–Trinajstić information content (AvgIpc) is 2.76. The van der Waals surface area contributed by atoms with Crippen LogP contribution >= 0.6 is 0 Å². The van der Waals surface area contributed by atoms with E-state index in [0.717, 1.165) is 0 Å². The highest BCUT2D eigenvalue weighted by atomic mass is 32.2. The summed E-state index contributed by atoms with van der Waals surface area (Å²) in [5.41, 5.74) is 1.01. The fraction of sp³-hybridized carbons (Fsp3) is 0.375. The largest absolute Gasteiger partial charge is 0.271 e. The fourth-order valence-electron chi connectivity index (χ4n) is 1.58. The first-order valence-corrected chi connectivity index (χ1v) is 6.28. The Bertz CT molecular complexity index is 627. The Balaban J connectivity index is 2.45. The van der Waals surface area contributed by atoms with Crippen molar-refractivity contribution in [1.29, 1.82) is 0 Å². The number of sulfonamides is 1. The second-order valence-corrected chi connectivity index (χ2v) is 5.18. The van der Waals surface area contributed by atoms with Gasteiger partial charge >= 0.3 is 0 Å². The van der Waals surface area contributed by atoms with Crippen LogP contribution in [0.25, 0.3) is 0 Å². The van der Waals surface area contributed by atoms with Crippen LogP contribution in [0.1, 0.15) is 11.4 Å². The smallest absolute Gasteiger partial charge is 0.267 e. The molecule has 0 aliphatic heterocycles. The van der Waals surface area contributed by atoms with E-state index in [1.165, 1.54) is 11.0 Å². The van der Waals surface area contributed by atoms with Crippen molar-refractivity contribution < 1.29 is 8.42 Å². The van der Waals surface area contributed by atoms with Crippen LogP contribution < -0.4 is 4.72 Å². The number of hydrogen-bond donors (Lipinski definition) is 2. The maximum absolute atomic E-state index is 12.1. The van der Waals surface area contributed by atoms with Gasteiger partial charge < -0.3 is 0 Å². The molecule has 0 aliphatic carbocycles. The van der Waals surface area contributed by atoms with Crippen molar-refractivity contribution in [2.75, 3.05) is 4.72 Å². The fourth-order valence-corrected chi connectivity index (χ4v) is 2.98. The normalized spacial score (nSPS) is 11.7. The molecular formula is C8H12N6O2S. The van der Waals surface area contributed by atoms with Crippen LogP contribution in [0.2, 0.25) is 0 Å². The molecule has 0 bridgehead atoms. The predicted octanol–water partition coefficient (Wildman–Crippen LogP) is -0.0442. The third-order valence-electron chi connectivity index (χ3n) is 2.36. The van der Waals surface area contributed by atoms with Crippen molar-refractivity contribution in [3.8, 4) is 0 Å².